The molecule has 0 aromatic rings. The van der Waals surface area contributed by atoms with Crippen molar-refractivity contribution in [2.75, 3.05) is 19.6 Å². The Morgan fingerprint density at radius 3 is 2.28 bits per heavy atom. The number of carbonyl (C=O) groups is 2. The third kappa shape index (κ3) is 8.06. The van der Waals surface area contributed by atoms with Gasteiger partial charge in [0.05, 0.1) is 0 Å². The number of likely N-dealkylation sites (N-methyl/N-ethyl adjacent to an activating group) is 1. The molecule has 5 nitrogen and oxygen atoms in total. The van der Waals surface area contributed by atoms with Gasteiger partial charge in [-0.25, -0.2) is 0 Å². The minimum Gasteiger partial charge on any atom is -0.355 e. The first kappa shape index (κ1) is 16.9. The molecule has 0 aliphatic carbocycles. The Hall–Kier alpha value is -1.10. The summed E-state index contributed by atoms with van der Waals surface area (Å²) in [5.41, 5.74) is -0.407. The van der Waals surface area contributed by atoms with Crippen LogP contribution in [0.25, 0.3) is 0 Å². The second kappa shape index (κ2) is 8.08. The minimum absolute atomic E-state index is 0.0312. The van der Waals surface area contributed by atoms with Gasteiger partial charge in [0.25, 0.3) is 0 Å². The zero-order valence-electron chi connectivity index (χ0n) is 12.2. The molecule has 0 saturated carbocycles. The molecular weight excluding hydrogens is 230 g/mol. The van der Waals surface area contributed by atoms with Crippen LogP contribution in [0.1, 0.15) is 41.0 Å². The molecule has 18 heavy (non-hydrogen) atoms. The lowest BCUT2D eigenvalue weighted by Gasteiger charge is -2.17. The summed E-state index contributed by atoms with van der Waals surface area (Å²) in [6.07, 6.45) is 0.320. The number of rotatable bonds is 7. The highest BCUT2D eigenvalue weighted by Gasteiger charge is 2.20. The van der Waals surface area contributed by atoms with E-state index in [1.54, 1.807) is 0 Å². The summed E-state index contributed by atoms with van der Waals surface area (Å²) in [7, 11) is 0. The van der Waals surface area contributed by atoms with E-state index in [2.05, 4.69) is 16.0 Å². The van der Waals surface area contributed by atoms with Gasteiger partial charge in [0.15, 0.2) is 0 Å². The van der Waals surface area contributed by atoms with Gasteiger partial charge in [-0.15, -0.1) is 0 Å². The van der Waals surface area contributed by atoms with Gasteiger partial charge >= 0.3 is 0 Å². The SMILES string of the molecule is CCN[C@H](C)CNC(=O)CCNC(=O)C(C)(C)C. The Morgan fingerprint density at radius 1 is 1.17 bits per heavy atom. The number of carbonyl (C=O) groups excluding carboxylic acids is 2. The van der Waals surface area contributed by atoms with Crippen molar-refractivity contribution < 1.29 is 9.59 Å². The number of amides is 2. The largest absolute Gasteiger partial charge is 0.355 e. The van der Waals surface area contributed by atoms with Crippen molar-refractivity contribution in [2.45, 2.75) is 47.1 Å². The second-order valence-corrected chi connectivity index (χ2v) is 5.52. The molecule has 0 radical (unpaired) electrons. The second-order valence-electron chi connectivity index (χ2n) is 5.52. The number of nitrogens with one attached hydrogen (secondary N) is 3. The predicted octanol–water partition coefficient (Wildman–Crippen LogP) is 0.653. The molecule has 106 valence electrons. The van der Waals surface area contributed by atoms with Gasteiger partial charge in [-0.2, -0.15) is 0 Å². The summed E-state index contributed by atoms with van der Waals surface area (Å²) in [5.74, 6) is -0.0646. The first-order valence-electron chi connectivity index (χ1n) is 6.55. The van der Waals surface area contributed by atoms with E-state index >= 15 is 0 Å². The van der Waals surface area contributed by atoms with Crippen LogP contribution in [0.15, 0.2) is 0 Å². The maximum Gasteiger partial charge on any atom is 0.225 e. The summed E-state index contributed by atoms with van der Waals surface area (Å²) in [6, 6.07) is 0.267. The van der Waals surface area contributed by atoms with Crippen molar-refractivity contribution in [3.63, 3.8) is 0 Å². The molecule has 2 amide bonds. The maximum atomic E-state index is 11.5. The summed E-state index contributed by atoms with van der Waals surface area (Å²) in [4.78, 5) is 23.0. The monoisotopic (exact) mass is 257 g/mol. The Morgan fingerprint density at radius 2 is 1.78 bits per heavy atom. The molecule has 0 spiro atoms. The molecule has 0 aromatic heterocycles. The maximum absolute atomic E-state index is 11.5. The third-order valence-electron chi connectivity index (χ3n) is 2.48. The van der Waals surface area contributed by atoms with Crippen LogP contribution < -0.4 is 16.0 Å². The molecule has 1 atom stereocenters. The van der Waals surface area contributed by atoms with Crippen molar-refractivity contribution in [1.29, 1.82) is 0 Å². The zero-order chi connectivity index (χ0) is 14.2. The Kier molecular flexibility index (Phi) is 7.59. The highest BCUT2D eigenvalue weighted by Crippen LogP contribution is 2.11. The van der Waals surface area contributed by atoms with Crippen molar-refractivity contribution in [3.8, 4) is 0 Å². The predicted molar refractivity (Wildman–Crippen MR) is 73.2 cm³/mol. The van der Waals surface area contributed by atoms with Crippen LogP contribution in [0, 0.1) is 5.41 Å². The van der Waals surface area contributed by atoms with Crippen LogP contribution in [-0.2, 0) is 9.59 Å². The lowest BCUT2D eigenvalue weighted by Crippen LogP contribution is -2.41. The fourth-order valence-corrected chi connectivity index (χ4v) is 1.33. The fourth-order valence-electron chi connectivity index (χ4n) is 1.33. The molecule has 0 aliphatic rings. The average molecular weight is 257 g/mol. The van der Waals surface area contributed by atoms with Crippen LogP contribution >= 0.6 is 0 Å². The van der Waals surface area contributed by atoms with Gasteiger partial charge in [0.1, 0.15) is 0 Å². The fraction of sp³-hybridized carbons (Fsp3) is 0.846. The van der Waals surface area contributed by atoms with E-state index in [-0.39, 0.29) is 17.9 Å². The van der Waals surface area contributed by atoms with Crippen molar-refractivity contribution in [1.82, 2.24) is 16.0 Å². The summed E-state index contributed by atoms with van der Waals surface area (Å²) in [5, 5.41) is 8.79. The van der Waals surface area contributed by atoms with Gasteiger partial charge in [-0.3, -0.25) is 9.59 Å². The lowest BCUT2D eigenvalue weighted by molar-refractivity contribution is -0.128. The minimum atomic E-state index is -0.407. The third-order valence-corrected chi connectivity index (χ3v) is 2.48. The van der Waals surface area contributed by atoms with Crippen LogP contribution in [0.5, 0.6) is 0 Å². The molecule has 0 unspecified atom stereocenters. The Bertz CT molecular complexity index is 272. The van der Waals surface area contributed by atoms with E-state index in [4.69, 9.17) is 0 Å². The van der Waals surface area contributed by atoms with Crippen molar-refractivity contribution in [2.24, 2.45) is 5.41 Å². The standard InChI is InChI=1S/C13H27N3O2/c1-6-14-10(2)9-16-11(17)7-8-15-12(18)13(3,4)5/h10,14H,6-9H2,1-5H3,(H,15,18)(H,16,17)/t10-/m1/s1. The van der Waals surface area contributed by atoms with Gasteiger partial charge in [-0.1, -0.05) is 27.7 Å². The summed E-state index contributed by atoms with van der Waals surface area (Å²) < 4.78 is 0. The van der Waals surface area contributed by atoms with Crippen LogP contribution in [0.4, 0.5) is 0 Å². The van der Waals surface area contributed by atoms with E-state index in [9.17, 15) is 9.59 Å². The number of hydrogen-bond acceptors (Lipinski definition) is 3. The van der Waals surface area contributed by atoms with Crippen molar-refractivity contribution >= 4 is 11.8 Å². The average Bonchev–Trinajstić information content (AvgIpc) is 2.25. The molecule has 0 aromatic carbocycles. The van der Waals surface area contributed by atoms with E-state index in [1.165, 1.54) is 0 Å². The summed E-state index contributed by atoms with van der Waals surface area (Å²) >= 11 is 0. The lowest BCUT2D eigenvalue weighted by atomic mass is 9.96. The van der Waals surface area contributed by atoms with Crippen molar-refractivity contribution in [3.05, 3.63) is 0 Å². The van der Waals surface area contributed by atoms with Crippen LogP contribution in [-0.4, -0.2) is 37.5 Å². The van der Waals surface area contributed by atoms with Crippen LogP contribution in [0.2, 0.25) is 0 Å². The van der Waals surface area contributed by atoms with Gasteiger partial charge in [0, 0.05) is 31.0 Å². The molecule has 0 fully saturated rings. The van der Waals surface area contributed by atoms with Gasteiger partial charge < -0.3 is 16.0 Å². The topological polar surface area (TPSA) is 70.2 Å². The summed E-state index contributed by atoms with van der Waals surface area (Å²) in [6.45, 7) is 11.5. The molecule has 0 heterocycles. The Balaban J connectivity index is 3.69. The molecular formula is C13H27N3O2. The molecule has 0 bridgehead atoms. The number of hydrogen-bond donors (Lipinski definition) is 3. The molecule has 0 aliphatic heterocycles. The molecule has 0 saturated heterocycles. The first-order chi connectivity index (χ1) is 8.27. The van der Waals surface area contributed by atoms with E-state index < -0.39 is 5.41 Å². The first-order valence-corrected chi connectivity index (χ1v) is 6.55. The normalized spacial score (nSPS) is 12.9. The molecule has 0 rings (SSSR count). The highest BCUT2D eigenvalue weighted by molar-refractivity contribution is 5.82. The molecule has 3 N–H and O–H groups in total. The smallest absolute Gasteiger partial charge is 0.225 e. The van der Waals surface area contributed by atoms with Gasteiger partial charge in [-0.05, 0) is 13.5 Å². The van der Waals surface area contributed by atoms with Gasteiger partial charge in [0.2, 0.25) is 11.8 Å². The quantitative estimate of drug-likeness (QED) is 0.627. The highest BCUT2D eigenvalue weighted by atomic mass is 16.2. The van der Waals surface area contributed by atoms with E-state index in [0.717, 1.165) is 6.54 Å². The zero-order valence-corrected chi connectivity index (χ0v) is 12.2. The Labute approximate surface area is 110 Å². The van der Waals surface area contributed by atoms with E-state index in [0.29, 0.717) is 19.5 Å². The molecule has 5 heteroatoms. The van der Waals surface area contributed by atoms with E-state index in [1.807, 2.05) is 34.6 Å². The van der Waals surface area contributed by atoms with Crippen LogP contribution in [0.3, 0.4) is 0 Å².